The topological polar surface area (TPSA) is 29.0 Å². The summed E-state index contributed by atoms with van der Waals surface area (Å²) in [6.45, 7) is 5.17. The first-order valence-corrected chi connectivity index (χ1v) is 10.7. The average Bonchev–Trinajstić information content (AvgIpc) is 3.04. The number of halogens is 1. The SMILES string of the molecule is Cc1c(CN2CCc3nc(-c4ccc(Cl)cc4)ncc3C2)sc2ccccc12. The summed E-state index contributed by atoms with van der Waals surface area (Å²) in [4.78, 5) is 13.4. The fourth-order valence-corrected chi connectivity index (χ4v) is 5.21. The zero-order valence-electron chi connectivity index (χ0n) is 15.7. The molecule has 4 aromatic rings. The van der Waals surface area contributed by atoms with Gasteiger partial charge in [0.05, 0.1) is 5.69 Å². The van der Waals surface area contributed by atoms with Gasteiger partial charge in [-0.2, -0.15) is 0 Å². The van der Waals surface area contributed by atoms with E-state index in [4.69, 9.17) is 16.6 Å². The lowest BCUT2D eigenvalue weighted by Crippen LogP contribution is -2.30. The summed E-state index contributed by atoms with van der Waals surface area (Å²) in [6.07, 6.45) is 2.96. The molecule has 0 aliphatic carbocycles. The third-order valence-electron chi connectivity index (χ3n) is 5.43. The summed E-state index contributed by atoms with van der Waals surface area (Å²) in [5.74, 6) is 0.782. The number of rotatable bonds is 3. The Morgan fingerprint density at radius 2 is 1.93 bits per heavy atom. The van der Waals surface area contributed by atoms with Crippen molar-refractivity contribution in [2.75, 3.05) is 6.54 Å². The fraction of sp³-hybridized carbons (Fsp3) is 0.217. The van der Waals surface area contributed by atoms with Gasteiger partial charge in [0.1, 0.15) is 0 Å². The van der Waals surface area contributed by atoms with Gasteiger partial charge in [-0.05, 0) is 48.2 Å². The minimum atomic E-state index is 0.730. The first kappa shape index (κ1) is 17.8. The highest BCUT2D eigenvalue weighted by molar-refractivity contribution is 7.19. The number of hydrogen-bond acceptors (Lipinski definition) is 4. The van der Waals surface area contributed by atoms with Crippen LogP contribution in [0.2, 0.25) is 5.02 Å². The number of hydrogen-bond donors (Lipinski definition) is 0. The first-order chi connectivity index (χ1) is 13.7. The van der Waals surface area contributed by atoms with E-state index in [1.807, 2.05) is 41.8 Å². The van der Waals surface area contributed by atoms with Crippen LogP contribution < -0.4 is 0 Å². The minimum Gasteiger partial charge on any atom is -0.293 e. The summed E-state index contributed by atoms with van der Waals surface area (Å²) in [7, 11) is 0. The monoisotopic (exact) mass is 405 g/mol. The molecule has 0 N–H and O–H groups in total. The van der Waals surface area contributed by atoms with E-state index in [0.717, 1.165) is 42.5 Å². The van der Waals surface area contributed by atoms with Crippen molar-refractivity contribution < 1.29 is 0 Å². The summed E-state index contributed by atoms with van der Waals surface area (Å²) in [5, 5.41) is 2.12. The highest BCUT2D eigenvalue weighted by atomic mass is 35.5. The molecular formula is C23H20ClN3S. The van der Waals surface area contributed by atoms with Gasteiger partial charge < -0.3 is 0 Å². The van der Waals surface area contributed by atoms with E-state index in [1.165, 1.54) is 31.8 Å². The van der Waals surface area contributed by atoms with E-state index in [-0.39, 0.29) is 0 Å². The van der Waals surface area contributed by atoms with Crippen molar-refractivity contribution in [3.05, 3.63) is 81.4 Å². The molecule has 1 aliphatic rings. The molecule has 3 heterocycles. The van der Waals surface area contributed by atoms with Gasteiger partial charge in [0.15, 0.2) is 5.82 Å². The van der Waals surface area contributed by atoms with Crippen LogP contribution in [0.15, 0.2) is 54.7 Å². The van der Waals surface area contributed by atoms with E-state index in [9.17, 15) is 0 Å². The first-order valence-electron chi connectivity index (χ1n) is 9.47. The second kappa shape index (κ2) is 7.28. The molecule has 2 aromatic carbocycles. The van der Waals surface area contributed by atoms with Crippen LogP contribution in [0.4, 0.5) is 0 Å². The summed E-state index contributed by atoms with van der Waals surface area (Å²) < 4.78 is 1.38. The molecule has 3 nitrogen and oxygen atoms in total. The molecule has 140 valence electrons. The summed E-state index contributed by atoms with van der Waals surface area (Å²) in [6, 6.07) is 16.4. The molecule has 0 unspecified atom stereocenters. The number of nitrogens with zero attached hydrogens (tertiary/aromatic N) is 3. The second-order valence-electron chi connectivity index (χ2n) is 7.28. The lowest BCUT2D eigenvalue weighted by Gasteiger charge is -2.27. The van der Waals surface area contributed by atoms with Crippen molar-refractivity contribution in [2.45, 2.75) is 26.4 Å². The molecule has 28 heavy (non-hydrogen) atoms. The number of benzene rings is 2. The maximum Gasteiger partial charge on any atom is 0.159 e. The number of fused-ring (bicyclic) bond motifs is 2. The Kier molecular flexibility index (Phi) is 4.63. The van der Waals surface area contributed by atoms with Gasteiger partial charge in [-0.1, -0.05) is 29.8 Å². The molecule has 0 radical (unpaired) electrons. The van der Waals surface area contributed by atoms with Gasteiger partial charge in [-0.3, -0.25) is 4.90 Å². The normalized spacial score (nSPS) is 14.4. The van der Waals surface area contributed by atoms with Gasteiger partial charge in [0.2, 0.25) is 0 Å². The van der Waals surface area contributed by atoms with E-state index >= 15 is 0 Å². The van der Waals surface area contributed by atoms with Gasteiger partial charge in [0, 0.05) is 58.0 Å². The van der Waals surface area contributed by atoms with Crippen LogP contribution in [0, 0.1) is 6.92 Å². The van der Waals surface area contributed by atoms with Crippen molar-refractivity contribution in [1.29, 1.82) is 0 Å². The van der Waals surface area contributed by atoms with Crippen molar-refractivity contribution in [3.8, 4) is 11.4 Å². The van der Waals surface area contributed by atoms with Crippen molar-refractivity contribution in [1.82, 2.24) is 14.9 Å². The summed E-state index contributed by atoms with van der Waals surface area (Å²) in [5.41, 5.74) is 4.84. The Hall–Kier alpha value is -2.27. The predicted molar refractivity (Wildman–Crippen MR) is 117 cm³/mol. The Bertz CT molecular complexity index is 1150. The van der Waals surface area contributed by atoms with Crippen LogP contribution in [0.25, 0.3) is 21.5 Å². The zero-order valence-corrected chi connectivity index (χ0v) is 17.2. The quantitative estimate of drug-likeness (QED) is 0.426. The highest BCUT2D eigenvalue weighted by Gasteiger charge is 2.20. The Labute approximate surface area is 173 Å². The maximum absolute atomic E-state index is 5.99. The molecule has 0 saturated carbocycles. The van der Waals surface area contributed by atoms with Gasteiger partial charge in [-0.25, -0.2) is 9.97 Å². The molecule has 0 saturated heterocycles. The Morgan fingerprint density at radius 1 is 1.11 bits per heavy atom. The molecule has 0 amide bonds. The number of thiophene rings is 1. The molecule has 2 aromatic heterocycles. The summed E-state index contributed by atoms with van der Waals surface area (Å²) >= 11 is 7.90. The Morgan fingerprint density at radius 3 is 2.75 bits per heavy atom. The van der Waals surface area contributed by atoms with Crippen LogP contribution in [0.3, 0.4) is 0 Å². The third-order valence-corrected chi connectivity index (χ3v) is 6.93. The molecule has 0 spiro atoms. The molecule has 0 atom stereocenters. The van der Waals surface area contributed by atoms with Gasteiger partial charge in [0.25, 0.3) is 0 Å². The molecule has 1 aliphatic heterocycles. The van der Waals surface area contributed by atoms with Gasteiger partial charge in [-0.15, -0.1) is 11.3 Å². The van der Waals surface area contributed by atoms with Crippen molar-refractivity contribution >= 4 is 33.0 Å². The molecule has 5 heteroatoms. The Balaban J connectivity index is 1.36. The van der Waals surface area contributed by atoms with Crippen LogP contribution in [-0.4, -0.2) is 21.4 Å². The zero-order chi connectivity index (χ0) is 19.1. The average molecular weight is 406 g/mol. The van der Waals surface area contributed by atoms with Crippen molar-refractivity contribution in [2.24, 2.45) is 0 Å². The largest absolute Gasteiger partial charge is 0.293 e. The standard InChI is InChI=1S/C23H20ClN3S/c1-15-19-4-2-3-5-21(19)28-22(15)14-27-11-10-20-17(13-27)12-25-23(26-20)16-6-8-18(24)9-7-16/h2-9,12H,10-11,13-14H2,1H3. The van der Waals surface area contributed by atoms with E-state index in [0.29, 0.717) is 0 Å². The van der Waals surface area contributed by atoms with Crippen LogP contribution in [0.1, 0.15) is 21.7 Å². The highest BCUT2D eigenvalue weighted by Crippen LogP contribution is 2.32. The lowest BCUT2D eigenvalue weighted by molar-refractivity contribution is 0.245. The van der Waals surface area contributed by atoms with E-state index < -0.39 is 0 Å². The minimum absolute atomic E-state index is 0.730. The second-order valence-corrected chi connectivity index (χ2v) is 8.85. The maximum atomic E-state index is 5.99. The smallest absolute Gasteiger partial charge is 0.159 e. The number of aryl methyl sites for hydroxylation is 1. The molecular weight excluding hydrogens is 386 g/mol. The van der Waals surface area contributed by atoms with Gasteiger partial charge >= 0.3 is 0 Å². The van der Waals surface area contributed by atoms with E-state index in [2.05, 4.69) is 41.1 Å². The molecule has 0 bridgehead atoms. The third kappa shape index (κ3) is 3.32. The van der Waals surface area contributed by atoms with Crippen LogP contribution in [-0.2, 0) is 19.5 Å². The number of aromatic nitrogens is 2. The fourth-order valence-electron chi connectivity index (χ4n) is 3.83. The van der Waals surface area contributed by atoms with Crippen LogP contribution in [0.5, 0.6) is 0 Å². The van der Waals surface area contributed by atoms with E-state index in [1.54, 1.807) is 0 Å². The predicted octanol–water partition coefficient (Wildman–Crippen LogP) is 5.88. The van der Waals surface area contributed by atoms with Crippen LogP contribution >= 0.6 is 22.9 Å². The molecule has 0 fully saturated rings. The molecule has 5 rings (SSSR count). The lowest BCUT2D eigenvalue weighted by atomic mass is 10.1. The van der Waals surface area contributed by atoms with Crippen molar-refractivity contribution in [3.63, 3.8) is 0 Å².